The molecule has 0 amide bonds. The van der Waals surface area contributed by atoms with Gasteiger partial charge in [-0.25, -0.2) is 0 Å². The molecule has 0 radical (unpaired) electrons. The van der Waals surface area contributed by atoms with Gasteiger partial charge in [-0.15, -0.1) is 0 Å². The van der Waals surface area contributed by atoms with Crippen molar-refractivity contribution >= 4 is 0 Å². The summed E-state index contributed by atoms with van der Waals surface area (Å²) in [5, 5.41) is 0. The second kappa shape index (κ2) is 23.4. The third-order valence-electron chi connectivity index (χ3n) is 9.47. The molecule has 0 aromatic carbocycles. The fourth-order valence-corrected chi connectivity index (χ4v) is 7.10. The molecule has 0 aliphatic heterocycles. The average molecular weight is 475 g/mol. The molecular weight excluding hydrogens is 408 g/mol. The van der Waals surface area contributed by atoms with Crippen molar-refractivity contribution in [2.45, 2.75) is 205 Å². The maximum absolute atomic E-state index is 1.56. The molecule has 0 aromatic rings. The van der Waals surface area contributed by atoms with Gasteiger partial charge in [0.1, 0.15) is 0 Å². The molecule has 202 valence electrons. The van der Waals surface area contributed by atoms with Gasteiger partial charge in [0, 0.05) is 0 Å². The highest BCUT2D eigenvalue weighted by molar-refractivity contribution is 4.73. The molecule has 34 heavy (non-hydrogen) atoms. The molecular formula is C34H66. The maximum atomic E-state index is 1.56. The summed E-state index contributed by atoms with van der Waals surface area (Å²) in [6.45, 7) is 0. The Labute approximate surface area is 217 Å². The van der Waals surface area contributed by atoms with Gasteiger partial charge >= 0.3 is 0 Å². The number of hydrogen-bond acceptors (Lipinski definition) is 0. The summed E-state index contributed by atoms with van der Waals surface area (Å²) >= 11 is 0. The van der Waals surface area contributed by atoms with Gasteiger partial charge in [-0.2, -0.15) is 0 Å². The zero-order valence-corrected chi connectivity index (χ0v) is 23.8. The van der Waals surface area contributed by atoms with Crippen molar-refractivity contribution in [2.24, 2.45) is 11.8 Å². The fourth-order valence-electron chi connectivity index (χ4n) is 7.10. The lowest BCUT2D eigenvalue weighted by molar-refractivity contribution is 0.231. The van der Waals surface area contributed by atoms with Crippen LogP contribution in [0.15, 0.2) is 0 Å². The van der Waals surface area contributed by atoms with Gasteiger partial charge in [0.05, 0.1) is 0 Å². The number of fused-ring (bicyclic) bond motifs is 1. The summed E-state index contributed by atoms with van der Waals surface area (Å²) in [5.74, 6) is 2.13. The largest absolute Gasteiger partial charge is 0.0533 e. The maximum Gasteiger partial charge on any atom is -0.0386 e. The van der Waals surface area contributed by atoms with Gasteiger partial charge < -0.3 is 0 Å². The van der Waals surface area contributed by atoms with E-state index in [-0.39, 0.29) is 0 Å². The van der Waals surface area contributed by atoms with Crippen LogP contribution in [0.2, 0.25) is 0 Å². The Morgan fingerprint density at radius 2 is 0.265 bits per heavy atom. The van der Waals surface area contributed by atoms with Crippen LogP contribution in [-0.4, -0.2) is 0 Å². The van der Waals surface area contributed by atoms with Crippen molar-refractivity contribution in [3.63, 3.8) is 0 Å². The van der Waals surface area contributed by atoms with E-state index in [1.807, 2.05) is 0 Å². The quantitative estimate of drug-likeness (QED) is 0.327. The van der Waals surface area contributed by atoms with E-state index in [1.54, 1.807) is 25.7 Å². The van der Waals surface area contributed by atoms with E-state index in [9.17, 15) is 0 Å². The Kier molecular flexibility index (Phi) is 20.8. The lowest BCUT2D eigenvalue weighted by atomic mass is 9.77. The first-order valence-electron chi connectivity index (χ1n) is 17.0. The first-order valence-corrected chi connectivity index (χ1v) is 17.0. The van der Waals surface area contributed by atoms with Crippen LogP contribution in [0.25, 0.3) is 0 Å². The standard InChI is InChI=1S/C34H66/c1-2-4-6-8-10-12-14-16-18-22-26-30-34-32-28-24-20-19-23-27-31-33(34)29-25-21-17-15-13-11-9-7-5-3-1/h33-34H,1-32H2. The molecule has 2 fully saturated rings. The Morgan fingerprint density at radius 3 is 0.412 bits per heavy atom. The summed E-state index contributed by atoms with van der Waals surface area (Å²) in [5.41, 5.74) is 0. The van der Waals surface area contributed by atoms with Gasteiger partial charge in [-0.05, 0) is 11.8 Å². The van der Waals surface area contributed by atoms with Crippen LogP contribution in [0.1, 0.15) is 205 Å². The summed E-state index contributed by atoms with van der Waals surface area (Å²) in [6.07, 6.45) is 48.5. The number of hydrogen-bond donors (Lipinski definition) is 0. The molecule has 0 heteroatoms. The number of rotatable bonds is 0. The topological polar surface area (TPSA) is 0 Å². The molecule has 0 heterocycles. The van der Waals surface area contributed by atoms with E-state index in [2.05, 4.69) is 0 Å². The van der Waals surface area contributed by atoms with E-state index in [0.717, 1.165) is 11.8 Å². The zero-order valence-electron chi connectivity index (χ0n) is 23.8. The molecule has 2 saturated carbocycles. The highest BCUT2D eigenvalue weighted by atomic mass is 14.3. The normalized spacial score (nSPS) is 28.9. The molecule has 0 bridgehead atoms. The SMILES string of the molecule is C1CCCCCCCCCCCCC2CCCCCCCCC2CCCCCCCCCCC1. The van der Waals surface area contributed by atoms with E-state index in [0.29, 0.717) is 0 Å². The zero-order chi connectivity index (χ0) is 23.8. The van der Waals surface area contributed by atoms with Crippen LogP contribution in [0.4, 0.5) is 0 Å². The van der Waals surface area contributed by atoms with Crippen molar-refractivity contribution in [1.82, 2.24) is 0 Å². The Bertz CT molecular complexity index is 361. The summed E-state index contributed by atoms with van der Waals surface area (Å²) in [6, 6.07) is 0. The molecule has 0 nitrogen and oxygen atoms in total. The molecule has 2 unspecified atom stereocenters. The van der Waals surface area contributed by atoms with E-state index in [1.165, 1.54) is 180 Å². The van der Waals surface area contributed by atoms with Gasteiger partial charge in [-0.1, -0.05) is 205 Å². The smallest absolute Gasteiger partial charge is 0.0386 e. The minimum absolute atomic E-state index is 1.07. The van der Waals surface area contributed by atoms with Crippen molar-refractivity contribution in [2.75, 3.05) is 0 Å². The highest BCUT2D eigenvalue weighted by Gasteiger charge is 2.21. The second-order valence-corrected chi connectivity index (χ2v) is 12.6. The van der Waals surface area contributed by atoms with Gasteiger partial charge in [0.25, 0.3) is 0 Å². The molecule has 2 aliphatic carbocycles. The summed E-state index contributed by atoms with van der Waals surface area (Å²) in [4.78, 5) is 0. The van der Waals surface area contributed by atoms with Crippen molar-refractivity contribution in [3.8, 4) is 0 Å². The predicted octanol–water partition coefficient (Wildman–Crippen LogP) is 12.7. The van der Waals surface area contributed by atoms with Crippen molar-refractivity contribution in [1.29, 1.82) is 0 Å². The molecule has 0 aromatic heterocycles. The minimum atomic E-state index is 1.07. The van der Waals surface area contributed by atoms with Crippen LogP contribution in [0, 0.1) is 11.8 Å². The molecule has 0 saturated heterocycles. The molecule has 2 rings (SSSR count). The third kappa shape index (κ3) is 17.4. The Morgan fingerprint density at radius 1 is 0.147 bits per heavy atom. The van der Waals surface area contributed by atoms with E-state index in [4.69, 9.17) is 0 Å². The van der Waals surface area contributed by atoms with Gasteiger partial charge in [-0.3, -0.25) is 0 Å². The van der Waals surface area contributed by atoms with E-state index >= 15 is 0 Å². The molecule has 2 aliphatic rings. The first kappa shape index (κ1) is 30.2. The molecule has 0 N–H and O–H groups in total. The van der Waals surface area contributed by atoms with Crippen LogP contribution in [-0.2, 0) is 0 Å². The van der Waals surface area contributed by atoms with Gasteiger partial charge in [0.15, 0.2) is 0 Å². The Hall–Kier alpha value is 0. The highest BCUT2D eigenvalue weighted by Crippen LogP contribution is 2.34. The summed E-state index contributed by atoms with van der Waals surface area (Å²) < 4.78 is 0. The molecule has 2 atom stereocenters. The second-order valence-electron chi connectivity index (χ2n) is 12.6. The predicted molar refractivity (Wildman–Crippen MR) is 155 cm³/mol. The lowest BCUT2D eigenvalue weighted by Gasteiger charge is -2.29. The first-order chi connectivity index (χ1) is 17.0. The fraction of sp³-hybridized carbons (Fsp3) is 1.00. The van der Waals surface area contributed by atoms with Crippen molar-refractivity contribution < 1.29 is 0 Å². The van der Waals surface area contributed by atoms with E-state index < -0.39 is 0 Å². The monoisotopic (exact) mass is 475 g/mol. The van der Waals surface area contributed by atoms with Crippen molar-refractivity contribution in [3.05, 3.63) is 0 Å². The minimum Gasteiger partial charge on any atom is -0.0533 e. The van der Waals surface area contributed by atoms with Crippen LogP contribution < -0.4 is 0 Å². The Balaban J connectivity index is 1.71. The molecule has 0 spiro atoms. The third-order valence-corrected chi connectivity index (χ3v) is 9.47. The van der Waals surface area contributed by atoms with Gasteiger partial charge in [0.2, 0.25) is 0 Å². The summed E-state index contributed by atoms with van der Waals surface area (Å²) in [7, 11) is 0. The van der Waals surface area contributed by atoms with Crippen LogP contribution in [0.3, 0.4) is 0 Å². The average Bonchev–Trinajstić information content (AvgIpc) is 2.85. The lowest BCUT2D eigenvalue weighted by Crippen LogP contribution is -2.16. The van der Waals surface area contributed by atoms with Crippen LogP contribution in [0.5, 0.6) is 0 Å². The van der Waals surface area contributed by atoms with Crippen LogP contribution >= 0.6 is 0 Å².